The van der Waals surface area contributed by atoms with Crippen molar-refractivity contribution < 1.29 is 4.74 Å². The van der Waals surface area contributed by atoms with Gasteiger partial charge in [0.25, 0.3) is 0 Å². The first-order chi connectivity index (χ1) is 8.18. The average Bonchev–Trinajstić information content (AvgIpc) is 2.66. The van der Waals surface area contributed by atoms with Crippen LogP contribution in [-0.2, 0) is 4.74 Å². The van der Waals surface area contributed by atoms with Crippen LogP contribution in [0.25, 0.3) is 0 Å². The minimum atomic E-state index is 0.216. The fourth-order valence-corrected chi connectivity index (χ4v) is 2.53. The highest BCUT2D eigenvalue weighted by atomic mass is 16.5. The summed E-state index contributed by atoms with van der Waals surface area (Å²) in [4.78, 5) is 0. The van der Waals surface area contributed by atoms with E-state index in [0.717, 1.165) is 19.1 Å². The highest BCUT2D eigenvalue weighted by Gasteiger charge is 2.27. The van der Waals surface area contributed by atoms with Gasteiger partial charge in [0.05, 0.1) is 6.10 Å². The Hall–Kier alpha value is -0.0800. The second kappa shape index (κ2) is 6.38. The van der Waals surface area contributed by atoms with Crippen molar-refractivity contribution in [3.8, 4) is 0 Å². The van der Waals surface area contributed by atoms with Crippen LogP contribution in [0.1, 0.15) is 67.2 Å². The van der Waals surface area contributed by atoms with Crippen molar-refractivity contribution in [2.24, 2.45) is 11.3 Å². The Morgan fingerprint density at radius 2 is 1.83 bits per heavy atom. The molecule has 1 rings (SSSR count). The van der Waals surface area contributed by atoms with Crippen LogP contribution >= 0.6 is 0 Å². The molecule has 1 saturated heterocycles. The molecule has 1 fully saturated rings. The van der Waals surface area contributed by atoms with Gasteiger partial charge in [-0.2, -0.15) is 0 Å². The zero-order valence-electron chi connectivity index (χ0n) is 13.3. The van der Waals surface area contributed by atoms with Gasteiger partial charge in [0, 0.05) is 12.1 Å². The van der Waals surface area contributed by atoms with E-state index >= 15 is 0 Å². The Morgan fingerprint density at radius 1 is 1.17 bits per heavy atom. The third-order valence-electron chi connectivity index (χ3n) is 3.96. The molecule has 0 amide bonds. The number of hydrogen-bond acceptors (Lipinski definition) is 2. The molecule has 1 aliphatic rings. The van der Waals surface area contributed by atoms with Gasteiger partial charge in [-0.3, -0.25) is 0 Å². The van der Waals surface area contributed by atoms with Gasteiger partial charge in [-0.15, -0.1) is 0 Å². The summed E-state index contributed by atoms with van der Waals surface area (Å²) in [6.07, 6.45) is 5.56. The molecule has 2 unspecified atom stereocenters. The molecule has 18 heavy (non-hydrogen) atoms. The highest BCUT2D eigenvalue weighted by Crippen LogP contribution is 2.31. The lowest BCUT2D eigenvalue weighted by molar-refractivity contribution is 0.0879. The van der Waals surface area contributed by atoms with E-state index in [2.05, 4.69) is 46.9 Å². The monoisotopic (exact) mass is 255 g/mol. The van der Waals surface area contributed by atoms with Crippen molar-refractivity contribution in [1.29, 1.82) is 0 Å². The van der Waals surface area contributed by atoms with Crippen molar-refractivity contribution in [1.82, 2.24) is 5.32 Å². The summed E-state index contributed by atoms with van der Waals surface area (Å²) in [6.45, 7) is 15.9. The van der Waals surface area contributed by atoms with Crippen LogP contribution in [0.15, 0.2) is 0 Å². The Morgan fingerprint density at radius 3 is 2.28 bits per heavy atom. The lowest BCUT2D eigenvalue weighted by Crippen LogP contribution is -2.42. The van der Waals surface area contributed by atoms with Gasteiger partial charge < -0.3 is 10.1 Å². The molecule has 0 aliphatic carbocycles. The third-order valence-corrected chi connectivity index (χ3v) is 3.96. The summed E-state index contributed by atoms with van der Waals surface area (Å²) in [6, 6.07) is 0. The Kier molecular flexibility index (Phi) is 5.67. The number of hydrogen-bond donors (Lipinski definition) is 1. The third kappa shape index (κ3) is 6.19. The van der Waals surface area contributed by atoms with Crippen LogP contribution in [0.4, 0.5) is 0 Å². The molecule has 0 aromatic rings. The molecule has 0 spiro atoms. The maximum atomic E-state index is 5.74. The summed E-state index contributed by atoms with van der Waals surface area (Å²) in [5.41, 5.74) is 0.588. The van der Waals surface area contributed by atoms with Crippen molar-refractivity contribution in [3.05, 3.63) is 0 Å². The molecule has 2 nitrogen and oxygen atoms in total. The van der Waals surface area contributed by atoms with Crippen molar-refractivity contribution in [2.45, 2.75) is 78.9 Å². The predicted octanol–water partition coefficient (Wildman–Crippen LogP) is 4.00. The van der Waals surface area contributed by atoms with E-state index in [-0.39, 0.29) is 5.54 Å². The van der Waals surface area contributed by atoms with Gasteiger partial charge in [0.2, 0.25) is 0 Å². The molecular formula is C16H33NO. The predicted molar refractivity (Wildman–Crippen MR) is 78.9 cm³/mol. The van der Waals surface area contributed by atoms with E-state index in [1.807, 2.05) is 0 Å². The standard InChI is InChI=1S/C16H33NO/c1-15(2,3)13(12-17-16(4,5)6)9-10-14-8-7-11-18-14/h13-14,17H,7-12H2,1-6H3. The number of rotatable bonds is 5. The summed E-state index contributed by atoms with van der Waals surface area (Å²) in [7, 11) is 0. The van der Waals surface area contributed by atoms with Gasteiger partial charge in [0.1, 0.15) is 0 Å². The van der Waals surface area contributed by atoms with Gasteiger partial charge in [0.15, 0.2) is 0 Å². The first-order valence-corrected chi connectivity index (χ1v) is 7.55. The van der Waals surface area contributed by atoms with E-state index in [1.165, 1.54) is 25.7 Å². The molecule has 108 valence electrons. The topological polar surface area (TPSA) is 21.3 Å². The molecule has 2 heteroatoms. The Labute approximate surface area is 114 Å². The first kappa shape index (κ1) is 16.0. The van der Waals surface area contributed by atoms with Crippen molar-refractivity contribution >= 4 is 0 Å². The SMILES string of the molecule is CC(C)(C)NCC(CCC1CCCO1)C(C)(C)C. The highest BCUT2D eigenvalue weighted by molar-refractivity contribution is 4.81. The fourth-order valence-electron chi connectivity index (χ4n) is 2.53. The second-order valence-electron chi connectivity index (χ2n) is 7.91. The molecule has 0 bridgehead atoms. The van der Waals surface area contributed by atoms with E-state index in [9.17, 15) is 0 Å². The maximum absolute atomic E-state index is 5.74. The van der Waals surface area contributed by atoms with E-state index in [0.29, 0.717) is 11.5 Å². The quantitative estimate of drug-likeness (QED) is 0.802. The van der Waals surface area contributed by atoms with Gasteiger partial charge in [-0.1, -0.05) is 20.8 Å². The van der Waals surface area contributed by atoms with Crippen molar-refractivity contribution in [3.63, 3.8) is 0 Å². The largest absolute Gasteiger partial charge is 0.378 e. The Balaban J connectivity index is 2.40. The van der Waals surface area contributed by atoms with Crippen LogP contribution in [0.3, 0.4) is 0 Å². The average molecular weight is 255 g/mol. The van der Waals surface area contributed by atoms with Gasteiger partial charge >= 0.3 is 0 Å². The summed E-state index contributed by atoms with van der Waals surface area (Å²) in [5, 5.41) is 3.66. The molecule has 2 atom stereocenters. The molecule has 0 aromatic carbocycles. The van der Waals surface area contributed by atoms with Crippen LogP contribution in [-0.4, -0.2) is 24.8 Å². The zero-order chi connectivity index (χ0) is 13.8. The lowest BCUT2D eigenvalue weighted by Gasteiger charge is -2.34. The van der Waals surface area contributed by atoms with E-state index < -0.39 is 0 Å². The van der Waals surface area contributed by atoms with Gasteiger partial charge in [-0.05, 0) is 64.3 Å². The van der Waals surface area contributed by atoms with Crippen LogP contribution in [0.2, 0.25) is 0 Å². The number of nitrogens with one attached hydrogen (secondary N) is 1. The lowest BCUT2D eigenvalue weighted by atomic mass is 9.77. The Bertz CT molecular complexity index is 230. The van der Waals surface area contributed by atoms with Crippen LogP contribution in [0.5, 0.6) is 0 Å². The molecule has 1 heterocycles. The number of ether oxygens (including phenoxy) is 1. The summed E-state index contributed by atoms with van der Waals surface area (Å²) in [5.74, 6) is 0.723. The molecule has 1 N–H and O–H groups in total. The second-order valence-corrected chi connectivity index (χ2v) is 7.91. The van der Waals surface area contributed by atoms with Crippen LogP contribution in [0, 0.1) is 11.3 Å². The summed E-state index contributed by atoms with van der Waals surface area (Å²) >= 11 is 0. The minimum Gasteiger partial charge on any atom is -0.378 e. The maximum Gasteiger partial charge on any atom is 0.0576 e. The van der Waals surface area contributed by atoms with Crippen molar-refractivity contribution in [2.75, 3.05) is 13.2 Å². The molecule has 0 aromatic heterocycles. The smallest absolute Gasteiger partial charge is 0.0576 e. The molecule has 0 radical (unpaired) electrons. The minimum absolute atomic E-state index is 0.216. The molecule has 1 aliphatic heterocycles. The molecular weight excluding hydrogens is 222 g/mol. The molecule has 0 saturated carbocycles. The van der Waals surface area contributed by atoms with Crippen LogP contribution < -0.4 is 5.32 Å². The summed E-state index contributed by atoms with van der Waals surface area (Å²) < 4.78 is 5.74. The zero-order valence-corrected chi connectivity index (χ0v) is 13.3. The normalized spacial score (nSPS) is 23.3. The first-order valence-electron chi connectivity index (χ1n) is 7.55. The fraction of sp³-hybridized carbons (Fsp3) is 1.00. The van der Waals surface area contributed by atoms with Gasteiger partial charge in [-0.25, -0.2) is 0 Å². The van der Waals surface area contributed by atoms with E-state index in [4.69, 9.17) is 4.74 Å². The van der Waals surface area contributed by atoms with E-state index in [1.54, 1.807) is 0 Å².